The van der Waals surface area contributed by atoms with Crippen LogP contribution in [0.25, 0.3) is 0 Å². The zero-order valence-corrected chi connectivity index (χ0v) is 20.0. The molecule has 0 aromatic carbocycles. The number of furan rings is 1. The molecule has 2 spiro atoms. The molecule has 0 radical (unpaired) electrons. The van der Waals surface area contributed by atoms with Crippen molar-refractivity contribution in [2.24, 2.45) is 28.1 Å². The second-order valence-electron chi connectivity index (χ2n) is 12.4. The second-order valence-corrected chi connectivity index (χ2v) is 12.4. The Morgan fingerprint density at radius 2 is 1.85 bits per heavy atom. The van der Waals surface area contributed by atoms with E-state index in [4.69, 9.17) is 23.4 Å². The molecule has 34 heavy (non-hydrogen) atoms. The summed E-state index contributed by atoms with van der Waals surface area (Å²) in [6, 6.07) is 1.84. The largest absolute Gasteiger partial charge is 0.472 e. The summed E-state index contributed by atoms with van der Waals surface area (Å²) in [4.78, 5) is 25.5. The van der Waals surface area contributed by atoms with Crippen LogP contribution in [0, 0.1) is 28.1 Å². The van der Waals surface area contributed by atoms with Crippen molar-refractivity contribution in [3.05, 3.63) is 24.2 Å². The van der Waals surface area contributed by atoms with Gasteiger partial charge in [-0.2, -0.15) is 0 Å². The first-order chi connectivity index (χ1) is 16.0. The van der Waals surface area contributed by atoms with Gasteiger partial charge in [-0.1, -0.05) is 13.8 Å². The van der Waals surface area contributed by atoms with Gasteiger partial charge in [0.1, 0.15) is 18.3 Å². The number of ether oxygens (including phenoxy) is 4. The minimum atomic E-state index is -0.877. The van der Waals surface area contributed by atoms with Crippen molar-refractivity contribution in [1.82, 2.24) is 0 Å². The molecule has 10 atom stereocenters. The smallest absolute Gasteiger partial charge is 0.339 e. The molecule has 2 saturated carbocycles. The van der Waals surface area contributed by atoms with Crippen molar-refractivity contribution < 1.29 is 38.1 Å². The van der Waals surface area contributed by atoms with E-state index in [1.165, 1.54) is 0 Å². The molecule has 6 aliphatic rings. The molecule has 8 heteroatoms. The Hall–Kier alpha value is -1.90. The van der Waals surface area contributed by atoms with Crippen LogP contribution in [-0.4, -0.2) is 53.2 Å². The Labute approximate surface area is 198 Å². The molecular formula is C26H32O8. The van der Waals surface area contributed by atoms with Crippen LogP contribution in [0.15, 0.2) is 23.0 Å². The number of rotatable bonds is 1. The number of hydrogen-bond acceptors (Lipinski definition) is 8. The molecule has 0 bridgehead atoms. The number of esters is 2. The van der Waals surface area contributed by atoms with E-state index in [1.54, 1.807) is 12.5 Å². The number of cyclic esters (lactones) is 2. The summed E-state index contributed by atoms with van der Waals surface area (Å²) in [5.74, 6) is -0.625. The van der Waals surface area contributed by atoms with Crippen molar-refractivity contribution >= 4 is 11.9 Å². The first-order valence-corrected chi connectivity index (χ1v) is 12.4. The van der Waals surface area contributed by atoms with Gasteiger partial charge in [-0.3, -0.25) is 4.79 Å². The quantitative estimate of drug-likeness (QED) is 0.491. The van der Waals surface area contributed by atoms with Gasteiger partial charge in [-0.15, -0.1) is 0 Å². The first kappa shape index (κ1) is 21.4. The normalized spacial score (nSPS) is 54.5. The number of aliphatic hydroxyl groups excluding tert-OH is 1. The van der Waals surface area contributed by atoms with Crippen LogP contribution in [-0.2, 0) is 28.5 Å². The lowest BCUT2D eigenvalue weighted by Crippen LogP contribution is -2.73. The fraction of sp³-hybridized carbons (Fsp3) is 0.769. The molecule has 1 aromatic heterocycles. The lowest BCUT2D eigenvalue weighted by molar-refractivity contribution is -0.261. The van der Waals surface area contributed by atoms with E-state index in [9.17, 15) is 14.7 Å². The third-order valence-corrected chi connectivity index (χ3v) is 11.0. The van der Waals surface area contributed by atoms with E-state index >= 15 is 0 Å². The number of epoxide rings is 1. The average molecular weight is 473 g/mol. The highest BCUT2D eigenvalue weighted by Gasteiger charge is 2.89. The summed E-state index contributed by atoms with van der Waals surface area (Å²) in [5.41, 5.74) is -2.27. The summed E-state index contributed by atoms with van der Waals surface area (Å²) >= 11 is 0. The second kappa shape index (κ2) is 6.08. The van der Waals surface area contributed by atoms with E-state index in [2.05, 4.69) is 27.7 Å². The molecule has 0 amide bonds. The summed E-state index contributed by atoms with van der Waals surface area (Å²) in [6.07, 6.45) is 3.27. The van der Waals surface area contributed by atoms with Crippen LogP contribution >= 0.6 is 0 Å². The van der Waals surface area contributed by atoms with Gasteiger partial charge in [-0.05, 0) is 45.1 Å². The number of carbonyl (C=O) groups is 2. The highest BCUT2D eigenvalue weighted by Crippen LogP contribution is 2.80. The summed E-state index contributed by atoms with van der Waals surface area (Å²) in [6.45, 7) is 8.63. The Morgan fingerprint density at radius 1 is 1.06 bits per heavy atom. The average Bonchev–Trinajstić information content (AvgIpc) is 3.26. The van der Waals surface area contributed by atoms with Crippen LogP contribution in [0.1, 0.15) is 65.0 Å². The van der Waals surface area contributed by atoms with E-state index < -0.39 is 45.8 Å². The molecule has 7 unspecified atom stereocenters. The van der Waals surface area contributed by atoms with Gasteiger partial charge in [0.25, 0.3) is 0 Å². The summed E-state index contributed by atoms with van der Waals surface area (Å²) < 4.78 is 30.0. The zero-order chi connectivity index (χ0) is 23.9. The SMILES string of the molecule is CC1(C)OC2CC(=O)OC[C@@]23C1CC(O)[C@]1(C)C3CC[C@@]2(C)C(c3ccoc3)OC(=O)C3OC312. The van der Waals surface area contributed by atoms with Gasteiger partial charge in [0.2, 0.25) is 0 Å². The van der Waals surface area contributed by atoms with Gasteiger partial charge >= 0.3 is 11.9 Å². The minimum absolute atomic E-state index is 0.0318. The molecule has 1 N–H and O–H groups in total. The number of aliphatic hydroxyl groups is 1. The molecule has 4 saturated heterocycles. The van der Waals surface area contributed by atoms with Crippen molar-refractivity contribution in [1.29, 1.82) is 0 Å². The maximum atomic E-state index is 13.2. The monoisotopic (exact) mass is 472 g/mol. The van der Waals surface area contributed by atoms with E-state index in [-0.39, 0.29) is 42.9 Å². The topological polar surface area (TPSA) is 108 Å². The van der Waals surface area contributed by atoms with Gasteiger partial charge in [0.05, 0.1) is 36.8 Å². The Morgan fingerprint density at radius 3 is 2.59 bits per heavy atom. The minimum Gasteiger partial charge on any atom is -0.472 e. The van der Waals surface area contributed by atoms with Crippen LogP contribution < -0.4 is 0 Å². The molecule has 8 nitrogen and oxygen atoms in total. The predicted octanol–water partition coefficient (Wildman–Crippen LogP) is 2.93. The van der Waals surface area contributed by atoms with Gasteiger partial charge in [0.15, 0.2) is 6.10 Å². The molecule has 7 rings (SSSR count). The third kappa shape index (κ3) is 2.07. The maximum absolute atomic E-state index is 13.2. The molecule has 5 heterocycles. The molecule has 1 aromatic rings. The van der Waals surface area contributed by atoms with Crippen LogP contribution in [0.2, 0.25) is 0 Å². The van der Waals surface area contributed by atoms with Gasteiger partial charge in [0, 0.05) is 27.7 Å². The van der Waals surface area contributed by atoms with Crippen molar-refractivity contribution in [3.8, 4) is 0 Å². The van der Waals surface area contributed by atoms with Crippen molar-refractivity contribution in [3.63, 3.8) is 0 Å². The van der Waals surface area contributed by atoms with Crippen LogP contribution in [0.4, 0.5) is 0 Å². The maximum Gasteiger partial charge on any atom is 0.339 e. The molecule has 2 aliphatic carbocycles. The Balaban J connectivity index is 1.40. The lowest BCUT2D eigenvalue weighted by atomic mass is 9.36. The van der Waals surface area contributed by atoms with Crippen LogP contribution in [0.3, 0.4) is 0 Å². The molecular weight excluding hydrogens is 440 g/mol. The predicted molar refractivity (Wildman–Crippen MR) is 115 cm³/mol. The number of carbonyl (C=O) groups excluding carboxylic acids is 2. The highest BCUT2D eigenvalue weighted by atomic mass is 16.7. The Bertz CT molecular complexity index is 1080. The Kier molecular flexibility index (Phi) is 3.82. The number of fused-ring (bicyclic) bond motifs is 1. The van der Waals surface area contributed by atoms with Crippen molar-refractivity contribution in [2.45, 2.75) is 89.0 Å². The van der Waals surface area contributed by atoms with Gasteiger partial charge in [-0.25, -0.2) is 4.79 Å². The molecule has 6 fully saturated rings. The first-order valence-electron chi connectivity index (χ1n) is 12.4. The van der Waals surface area contributed by atoms with E-state index in [0.717, 1.165) is 18.4 Å². The van der Waals surface area contributed by atoms with Gasteiger partial charge < -0.3 is 28.5 Å². The lowest BCUT2D eigenvalue weighted by Gasteiger charge is -2.67. The highest BCUT2D eigenvalue weighted by molar-refractivity contribution is 5.82. The standard InChI is InChI=1S/C26H32O8/c1-22(2)15-9-16(27)24(4)14(25(15)12-31-18(28)10-17(25)33-22)5-7-23(3)19(13-6-8-30-11-13)32-21(29)20-26(23,24)34-20/h6,8,11,14-17,19-20,27H,5,7,9-10,12H2,1-4H3/t14?,15?,16?,17?,19?,20?,23-,24-,25+,26?/m0/s1. The molecule has 4 aliphatic heterocycles. The summed E-state index contributed by atoms with van der Waals surface area (Å²) in [5, 5.41) is 11.9. The molecule has 184 valence electrons. The summed E-state index contributed by atoms with van der Waals surface area (Å²) in [7, 11) is 0. The third-order valence-electron chi connectivity index (χ3n) is 11.0. The van der Waals surface area contributed by atoms with Crippen molar-refractivity contribution in [2.75, 3.05) is 6.61 Å². The number of hydrogen-bond donors (Lipinski definition) is 1. The fourth-order valence-corrected chi connectivity index (χ4v) is 9.62. The fourth-order valence-electron chi connectivity index (χ4n) is 9.62. The van der Waals surface area contributed by atoms with E-state index in [1.807, 2.05) is 6.07 Å². The van der Waals surface area contributed by atoms with E-state index in [0.29, 0.717) is 6.42 Å². The van der Waals surface area contributed by atoms with Crippen LogP contribution in [0.5, 0.6) is 0 Å². The zero-order valence-electron chi connectivity index (χ0n) is 20.0.